The smallest absolute Gasteiger partial charge is 0.185 e. The molecule has 0 saturated carbocycles. The van der Waals surface area contributed by atoms with Crippen molar-refractivity contribution in [3.8, 4) is 0 Å². The second-order valence-electron chi connectivity index (χ2n) is 4.34. The maximum absolute atomic E-state index is 13.1. The molecule has 0 radical (unpaired) electrons. The molecule has 19 heavy (non-hydrogen) atoms. The minimum absolute atomic E-state index is 0.0301. The lowest BCUT2D eigenvalue weighted by Gasteiger charge is -2.04. The Bertz CT molecular complexity index is 620. The van der Waals surface area contributed by atoms with Crippen LogP contribution in [-0.4, -0.2) is 15.6 Å². The van der Waals surface area contributed by atoms with Gasteiger partial charge in [0, 0.05) is 13.0 Å². The Morgan fingerprint density at radius 1 is 1.26 bits per heavy atom. The first-order chi connectivity index (χ1) is 9.01. The molecule has 0 aliphatic rings. The molecule has 0 amide bonds. The first-order valence-electron chi connectivity index (χ1n) is 6.03. The highest BCUT2D eigenvalue weighted by atomic mass is 19.2. The van der Waals surface area contributed by atoms with Crippen LogP contribution in [0.3, 0.4) is 0 Å². The Hall–Kier alpha value is -2.04. The van der Waals surface area contributed by atoms with Crippen LogP contribution in [0.5, 0.6) is 0 Å². The van der Waals surface area contributed by atoms with Gasteiger partial charge in [-0.1, -0.05) is 6.07 Å². The van der Waals surface area contributed by atoms with Crippen LogP contribution in [-0.2, 0) is 13.0 Å². The number of hydrogen-bond donors (Lipinski definition) is 0. The molecule has 100 valence electrons. The topological polar surface area (TPSA) is 34.9 Å². The number of nitrogens with zero attached hydrogens (tertiary/aromatic N) is 2. The maximum atomic E-state index is 13.1. The molecular formula is C14H14F2N2O. The fraction of sp³-hybridized carbons (Fsp3) is 0.286. The van der Waals surface area contributed by atoms with E-state index in [0.717, 1.165) is 17.8 Å². The van der Waals surface area contributed by atoms with E-state index in [4.69, 9.17) is 0 Å². The van der Waals surface area contributed by atoms with Crippen LogP contribution in [0.4, 0.5) is 8.78 Å². The van der Waals surface area contributed by atoms with Crippen molar-refractivity contribution in [3.63, 3.8) is 0 Å². The minimum atomic E-state index is -0.939. The van der Waals surface area contributed by atoms with Crippen molar-refractivity contribution >= 4 is 5.78 Å². The van der Waals surface area contributed by atoms with Crippen molar-refractivity contribution in [3.05, 3.63) is 52.9 Å². The third-order valence-corrected chi connectivity index (χ3v) is 2.84. The van der Waals surface area contributed by atoms with Gasteiger partial charge in [0.1, 0.15) is 5.69 Å². The summed E-state index contributed by atoms with van der Waals surface area (Å²) >= 11 is 0. The summed E-state index contributed by atoms with van der Waals surface area (Å²) in [4.78, 5) is 12.1. The lowest BCUT2D eigenvalue weighted by atomic mass is 10.1. The molecule has 5 heteroatoms. The van der Waals surface area contributed by atoms with Crippen LogP contribution in [0.15, 0.2) is 24.3 Å². The molecule has 0 fully saturated rings. The summed E-state index contributed by atoms with van der Waals surface area (Å²) in [5.41, 5.74) is 1.70. The molecule has 0 aliphatic heterocycles. The highest BCUT2D eigenvalue weighted by Gasteiger charge is 2.14. The van der Waals surface area contributed by atoms with Crippen LogP contribution in [0.2, 0.25) is 0 Å². The number of benzene rings is 1. The van der Waals surface area contributed by atoms with Gasteiger partial charge in [0.2, 0.25) is 0 Å². The van der Waals surface area contributed by atoms with Crippen molar-refractivity contribution in [2.45, 2.75) is 26.8 Å². The number of Topliss-reactive ketones (excluding diaryl/α,β-unsaturated/α-hetero) is 1. The number of ketones is 1. The van der Waals surface area contributed by atoms with Crippen LogP contribution in [0.25, 0.3) is 0 Å². The van der Waals surface area contributed by atoms with E-state index in [1.165, 1.54) is 6.07 Å². The Morgan fingerprint density at radius 3 is 2.63 bits per heavy atom. The molecule has 1 heterocycles. The average molecular weight is 264 g/mol. The van der Waals surface area contributed by atoms with Crippen molar-refractivity contribution in [2.24, 2.45) is 0 Å². The number of rotatable bonds is 4. The summed E-state index contributed by atoms with van der Waals surface area (Å²) in [5, 5.41) is 4.19. The summed E-state index contributed by atoms with van der Waals surface area (Å²) in [7, 11) is 0. The Kier molecular flexibility index (Phi) is 3.74. The monoisotopic (exact) mass is 264 g/mol. The zero-order valence-electron chi connectivity index (χ0n) is 10.8. The van der Waals surface area contributed by atoms with Crippen LogP contribution >= 0.6 is 0 Å². The Labute approximate surface area is 109 Å². The molecule has 2 aromatic rings. The fourth-order valence-corrected chi connectivity index (χ4v) is 1.94. The molecule has 0 bridgehead atoms. The molecule has 3 nitrogen and oxygen atoms in total. The molecule has 0 unspecified atom stereocenters. The number of aryl methyl sites for hydroxylation is 2. The molecule has 0 atom stereocenters. The SMILES string of the molecule is CCn1nc(C)cc1C(=O)Cc1ccc(F)c(F)c1. The van der Waals surface area contributed by atoms with Crippen molar-refractivity contribution in [1.82, 2.24) is 9.78 Å². The molecule has 1 aromatic carbocycles. The van der Waals surface area contributed by atoms with Gasteiger partial charge in [-0.3, -0.25) is 9.48 Å². The summed E-state index contributed by atoms with van der Waals surface area (Å²) in [5.74, 6) is -2.01. The minimum Gasteiger partial charge on any atom is -0.292 e. The zero-order valence-corrected chi connectivity index (χ0v) is 10.8. The van der Waals surface area contributed by atoms with Gasteiger partial charge >= 0.3 is 0 Å². The van der Waals surface area contributed by atoms with Crippen LogP contribution < -0.4 is 0 Å². The van der Waals surface area contributed by atoms with E-state index in [-0.39, 0.29) is 12.2 Å². The standard InChI is InChI=1S/C14H14F2N2O/c1-3-18-13(6-9(2)17-18)14(19)8-10-4-5-11(15)12(16)7-10/h4-7H,3,8H2,1-2H3. The van der Waals surface area contributed by atoms with E-state index in [0.29, 0.717) is 17.8 Å². The number of carbonyl (C=O) groups excluding carboxylic acids is 1. The highest BCUT2D eigenvalue weighted by molar-refractivity contribution is 5.96. The lowest BCUT2D eigenvalue weighted by molar-refractivity contribution is 0.0982. The van der Waals surface area contributed by atoms with E-state index in [9.17, 15) is 13.6 Å². The zero-order chi connectivity index (χ0) is 14.0. The maximum Gasteiger partial charge on any atom is 0.185 e. The average Bonchev–Trinajstić information content (AvgIpc) is 2.75. The Morgan fingerprint density at radius 2 is 2.00 bits per heavy atom. The van der Waals surface area contributed by atoms with E-state index >= 15 is 0 Å². The van der Waals surface area contributed by atoms with Gasteiger partial charge in [0.25, 0.3) is 0 Å². The molecule has 0 spiro atoms. The fourth-order valence-electron chi connectivity index (χ4n) is 1.94. The number of carbonyl (C=O) groups is 1. The van der Waals surface area contributed by atoms with Gasteiger partial charge in [0.15, 0.2) is 17.4 Å². The first kappa shape index (κ1) is 13.4. The summed E-state index contributed by atoms with van der Waals surface area (Å²) in [6, 6.07) is 5.19. The van der Waals surface area contributed by atoms with Gasteiger partial charge in [-0.2, -0.15) is 5.10 Å². The normalized spacial score (nSPS) is 10.7. The largest absolute Gasteiger partial charge is 0.292 e. The van der Waals surface area contributed by atoms with Gasteiger partial charge in [-0.25, -0.2) is 8.78 Å². The summed E-state index contributed by atoms with van der Waals surface area (Å²) in [6.07, 6.45) is 0.0301. The van der Waals surface area contributed by atoms with Gasteiger partial charge < -0.3 is 0 Å². The lowest BCUT2D eigenvalue weighted by Crippen LogP contribution is -2.11. The molecule has 0 N–H and O–H groups in total. The number of hydrogen-bond acceptors (Lipinski definition) is 2. The Balaban J connectivity index is 2.22. The van der Waals surface area contributed by atoms with E-state index in [1.807, 2.05) is 6.92 Å². The van der Waals surface area contributed by atoms with Crippen LogP contribution in [0.1, 0.15) is 28.7 Å². The van der Waals surface area contributed by atoms with E-state index in [2.05, 4.69) is 5.10 Å². The molecule has 2 rings (SSSR count). The third kappa shape index (κ3) is 2.86. The predicted octanol–water partition coefficient (Wildman–Crippen LogP) is 2.92. The number of aromatic nitrogens is 2. The molecular weight excluding hydrogens is 250 g/mol. The number of halogens is 2. The molecule has 0 saturated heterocycles. The second kappa shape index (κ2) is 5.30. The van der Waals surface area contributed by atoms with Gasteiger partial charge in [-0.05, 0) is 37.6 Å². The first-order valence-corrected chi connectivity index (χ1v) is 6.03. The van der Waals surface area contributed by atoms with Crippen molar-refractivity contribution in [2.75, 3.05) is 0 Å². The quantitative estimate of drug-likeness (QED) is 0.796. The van der Waals surface area contributed by atoms with Crippen LogP contribution in [0, 0.1) is 18.6 Å². The summed E-state index contributed by atoms with van der Waals surface area (Å²) < 4.78 is 27.5. The molecule has 1 aromatic heterocycles. The third-order valence-electron chi connectivity index (χ3n) is 2.84. The van der Waals surface area contributed by atoms with E-state index < -0.39 is 11.6 Å². The highest BCUT2D eigenvalue weighted by Crippen LogP contribution is 2.13. The van der Waals surface area contributed by atoms with Gasteiger partial charge in [-0.15, -0.1) is 0 Å². The molecule has 0 aliphatic carbocycles. The van der Waals surface area contributed by atoms with Crippen molar-refractivity contribution < 1.29 is 13.6 Å². The predicted molar refractivity (Wildman–Crippen MR) is 67.0 cm³/mol. The summed E-state index contributed by atoms with van der Waals surface area (Å²) in [6.45, 7) is 4.29. The van der Waals surface area contributed by atoms with Crippen molar-refractivity contribution in [1.29, 1.82) is 0 Å². The van der Waals surface area contributed by atoms with Gasteiger partial charge in [0.05, 0.1) is 5.69 Å². The van der Waals surface area contributed by atoms with E-state index in [1.54, 1.807) is 17.7 Å². The second-order valence-corrected chi connectivity index (χ2v) is 4.34.